The lowest BCUT2D eigenvalue weighted by Crippen LogP contribution is -2.30. The van der Waals surface area contributed by atoms with E-state index in [0.29, 0.717) is 33.8 Å². The van der Waals surface area contributed by atoms with Crippen molar-refractivity contribution in [3.8, 4) is 28.7 Å². The van der Waals surface area contributed by atoms with Crippen LogP contribution < -0.4 is 5.32 Å². The second-order valence-corrected chi connectivity index (χ2v) is 9.27. The van der Waals surface area contributed by atoms with Crippen LogP contribution in [0.15, 0.2) is 30.6 Å². The van der Waals surface area contributed by atoms with Crippen LogP contribution in [0.25, 0.3) is 33.5 Å². The fraction of sp³-hybridized carbons (Fsp3) is 0.375. The standard InChI is InChI=1S/C24H26ClN9/c1-33-8-4-15(5-9-33)3-7-27-24-20(13-26)29-22(23(30-24)19-6-10-34(2)32-19)16-11-17-14-28-31-21(17)18(25)12-16/h6,10-12,14-15H,3-5,7-9H2,1-2H3,(H,27,30)(H,28,31). The molecule has 0 unspecified atom stereocenters. The molecule has 10 heteroatoms. The van der Waals surface area contributed by atoms with Gasteiger partial charge in [0.05, 0.1) is 16.7 Å². The summed E-state index contributed by atoms with van der Waals surface area (Å²) >= 11 is 6.49. The second-order valence-electron chi connectivity index (χ2n) is 8.86. The maximum Gasteiger partial charge on any atom is 0.183 e. The van der Waals surface area contributed by atoms with Crippen molar-refractivity contribution < 1.29 is 0 Å². The van der Waals surface area contributed by atoms with Crippen LogP contribution in [0.5, 0.6) is 0 Å². The van der Waals surface area contributed by atoms with Crippen molar-refractivity contribution >= 4 is 28.3 Å². The molecule has 5 rings (SSSR count). The summed E-state index contributed by atoms with van der Waals surface area (Å²) in [4.78, 5) is 11.9. The summed E-state index contributed by atoms with van der Waals surface area (Å²) in [7, 11) is 4.02. The van der Waals surface area contributed by atoms with E-state index in [1.165, 1.54) is 12.8 Å². The summed E-state index contributed by atoms with van der Waals surface area (Å²) in [5.41, 5.74) is 3.59. The Labute approximate surface area is 202 Å². The molecule has 0 radical (unpaired) electrons. The van der Waals surface area contributed by atoms with Gasteiger partial charge in [-0.05, 0) is 63.5 Å². The Morgan fingerprint density at radius 2 is 2.03 bits per heavy atom. The molecule has 0 spiro atoms. The summed E-state index contributed by atoms with van der Waals surface area (Å²) in [5, 5.41) is 26.1. The van der Waals surface area contributed by atoms with Gasteiger partial charge in [-0.2, -0.15) is 15.5 Å². The van der Waals surface area contributed by atoms with E-state index >= 15 is 0 Å². The van der Waals surface area contributed by atoms with Crippen LogP contribution in [0, 0.1) is 17.2 Å². The Hall–Kier alpha value is -3.48. The Balaban J connectivity index is 1.50. The number of aromatic nitrogens is 6. The van der Waals surface area contributed by atoms with Crippen molar-refractivity contribution in [3.05, 3.63) is 41.3 Å². The van der Waals surface area contributed by atoms with Gasteiger partial charge in [-0.15, -0.1) is 0 Å². The number of benzene rings is 1. The molecule has 4 heterocycles. The first-order chi connectivity index (χ1) is 16.5. The van der Waals surface area contributed by atoms with Crippen molar-refractivity contribution in [1.82, 2.24) is 34.8 Å². The minimum Gasteiger partial charge on any atom is -0.368 e. The van der Waals surface area contributed by atoms with E-state index < -0.39 is 0 Å². The highest BCUT2D eigenvalue weighted by atomic mass is 35.5. The lowest BCUT2D eigenvalue weighted by molar-refractivity contribution is 0.215. The third kappa shape index (κ3) is 4.47. The molecule has 0 amide bonds. The average molecular weight is 476 g/mol. The normalized spacial score (nSPS) is 15.0. The lowest BCUT2D eigenvalue weighted by atomic mass is 9.94. The quantitative estimate of drug-likeness (QED) is 0.432. The fourth-order valence-corrected chi connectivity index (χ4v) is 4.72. The minimum absolute atomic E-state index is 0.251. The molecular weight excluding hydrogens is 450 g/mol. The largest absolute Gasteiger partial charge is 0.368 e. The number of fused-ring (bicyclic) bond motifs is 1. The first-order valence-corrected chi connectivity index (χ1v) is 11.8. The minimum atomic E-state index is 0.251. The van der Waals surface area contributed by atoms with E-state index in [1.807, 2.05) is 31.4 Å². The van der Waals surface area contributed by atoms with Gasteiger partial charge in [0.1, 0.15) is 23.2 Å². The van der Waals surface area contributed by atoms with Crippen LogP contribution in [0.4, 0.5) is 5.82 Å². The number of hydrogen-bond acceptors (Lipinski definition) is 7. The van der Waals surface area contributed by atoms with Gasteiger partial charge < -0.3 is 10.2 Å². The molecule has 2 N–H and O–H groups in total. The van der Waals surface area contributed by atoms with Crippen molar-refractivity contribution in [2.45, 2.75) is 19.3 Å². The lowest BCUT2D eigenvalue weighted by Gasteiger charge is -2.28. The Morgan fingerprint density at radius 1 is 1.21 bits per heavy atom. The topological polar surface area (TPSA) is 111 Å². The van der Waals surface area contributed by atoms with E-state index in [1.54, 1.807) is 10.9 Å². The van der Waals surface area contributed by atoms with Gasteiger partial charge in [0.2, 0.25) is 0 Å². The van der Waals surface area contributed by atoms with Crippen LogP contribution >= 0.6 is 11.6 Å². The van der Waals surface area contributed by atoms with Crippen molar-refractivity contribution in [1.29, 1.82) is 5.26 Å². The van der Waals surface area contributed by atoms with Gasteiger partial charge >= 0.3 is 0 Å². The van der Waals surface area contributed by atoms with Gasteiger partial charge in [-0.3, -0.25) is 9.78 Å². The monoisotopic (exact) mass is 475 g/mol. The van der Waals surface area contributed by atoms with Crippen LogP contribution in [0.2, 0.25) is 5.02 Å². The Kier molecular flexibility index (Phi) is 6.18. The summed E-state index contributed by atoms with van der Waals surface area (Å²) < 4.78 is 1.72. The highest BCUT2D eigenvalue weighted by Gasteiger charge is 2.21. The van der Waals surface area contributed by atoms with Gasteiger partial charge in [0, 0.05) is 30.7 Å². The molecule has 1 aliphatic rings. The zero-order valence-corrected chi connectivity index (χ0v) is 20.0. The van der Waals surface area contributed by atoms with Crippen LogP contribution in [0.1, 0.15) is 25.0 Å². The van der Waals surface area contributed by atoms with Crippen molar-refractivity contribution in [3.63, 3.8) is 0 Å². The van der Waals surface area contributed by atoms with Gasteiger partial charge in [-0.25, -0.2) is 9.97 Å². The molecule has 0 saturated carbocycles. The summed E-state index contributed by atoms with van der Waals surface area (Å²) in [5.74, 6) is 1.16. The van der Waals surface area contributed by atoms with Crippen LogP contribution in [-0.2, 0) is 7.05 Å². The van der Waals surface area contributed by atoms with E-state index in [9.17, 15) is 5.26 Å². The molecule has 1 saturated heterocycles. The fourth-order valence-electron chi connectivity index (χ4n) is 4.45. The summed E-state index contributed by atoms with van der Waals surface area (Å²) in [6.07, 6.45) is 7.00. The van der Waals surface area contributed by atoms with Crippen molar-refractivity contribution in [2.24, 2.45) is 13.0 Å². The molecule has 34 heavy (non-hydrogen) atoms. The van der Waals surface area contributed by atoms with Gasteiger partial charge in [0.15, 0.2) is 11.5 Å². The molecule has 0 bridgehead atoms. The molecule has 174 valence electrons. The number of likely N-dealkylation sites (tertiary alicyclic amines) is 1. The number of nitrogens with one attached hydrogen (secondary N) is 2. The number of nitrogens with zero attached hydrogens (tertiary/aromatic N) is 7. The maximum atomic E-state index is 9.87. The zero-order valence-electron chi connectivity index (χ0n) is 19.2. The summed E-state index contributed by atoms with van der Waals surface area (Å²) in [6, 6.07) is 7.85. The smallest absolute Gasteiger partial charge is 0.183 e. The van der Waals surface area contributed by atoms with E-state index in [4.69, 9.17) is 21.6 Å². The number of piperidine rings is 1. The molecule has 1 aliphatic heterocycles. The number of nitriles is 1. The number of aryl methyl sites for hydroxylation is 1. The predicted octanol–water partition coefficient (Wildman–Crippen LogP) is 4.09. The Bertz CT molecular complexity index is 1360. The molecular formula is C24H26ClN9. The molecule has 1 fully saturated rings. The number of H-pyrrole nitrogens is 1. The van der Waals surface area contributed by atoms with Crippen LogP contribution in [-0.4, -0.2) is 61.5 Å². The molecule has 1 aromatic carbocycles. The number of aromatic amines is 1. The highest BCUT2D eigenvalue weighted by Crippen LogP contribution is 2.34. The number of halogens is 1. The highest BCUT2D eigenvalue weighted by molar-refractivity contribution is 6.35. The Morgan fingerprint density at radius 3 is 2.76 bits per heavy atom. The first kappa shape index (κ1) is 22.3. The third-order valence-electron chi connectivity index (χ3n) is 6.42. The van der Waals surface area contributed by atoms with E-state index in [2.05, 4.69) is 38.6 Å². The van der Waals surface area contributed by atoms with Crippen LogP contribution in [0.3, 0.4) is 0 Å². The first-order valence-electron chi connectivity index (χ1n) is 11.4. The SMILES string of the molecule is CN1CCC(CCNc2nc(-c3ccn(C)n3)c(-c3cc(Cl)c4[nH]ncc4c3)nc2C#N)CC1. The third-order valence-corrected chi connectivity index (χ3v) is 6.71. The van der Waals surface area contributed by atoms with E-state index in [-0.39, 0.29) is 5.69 Å². The summed E-state index contributed by atoms with van der Waals surface area (Å²) in [6.45, 7) is 3.01. The van der Waals surface area contributed by atoms with Gasteiger partial charge in [0.25, 0.3) is 0 Å². The average Bonchev–Trinajstić information content (AvgIpc) is 3.49. The number of hydrogen-bond donors (Lipinski definition) is 2. The maximum absolute atomic E-state index is 9.87. The molecule has 9 nitrogen and oxygen atoms in total. The second kappa shape index (κ2) is 9.41. The molecule has 3 aromatic heterocycles. The molecule has 0 atom stereocenters. The number of rotatable bonds is 6. The zero-order chi connectivity index (χ0) is 23.7. The molecule has 0 aliphatic carbocycles. The predicted molar refractivity (Wildman–Crippen MR) is 132 cm³/mol. The molecule has 4 aromatic rings. The van der Waals surface area contributed by atoms with E-state index in [0.717, 1.165) is 42.5 Å². The number of anilines is 1. The van der Waals surface area contributed by atoms with Crippen molar-refractivity contribution in [2.75, 3.05) is 32.0 Å². The van der Waals surface area contributed by atoms with Gasteiger partial charge in [-0.1, -0.05) is 11.6 Å².